The smallest absolute Gasteiger partial charge is 0.184 e. The molecule has 2 fully saturated rings. The van der Waals surface area contributed by atoms with Gasteiger partial charge in [0.15, 0.2) is 12.1 Å². The van der Waals surface area contributed by atoms with Crippen LogP contribution in [0, 0.1) is 0 Å². The van der Waals surface area contributed by atoms with Gasteiger partial charge >= 0.3 is 0 Å². The summed E-state index contributed by atoms with van der Waals surface area (Å²) in [6.07, 6.45) is -1.41. The summed E-state index contributed by atoms with van der Waals surface area (Å²) in [4.78, 5) is 0. The normalized spacial score (nSPS) is 46.4. The molecule has 2 rings (SSSR count). The maximum atomic E-state index is 9.54. The van der Waals surface area contributed by atoms with E-state index < -0.39 is 17.7 Å². The molecule has 4 nitrogen and oxygen atoms in total. The summed E-state index contributed by atoms with van der Waals surface area (Å²) in [6, 6.07) is 0. The molecule has 4 heteroatoms. The lowest BCUT2D eigenvalue weighted by Crippen LogP contribution is -2.37. The minimum absolute atomic E-state index is 0.183. The Hall–Kier alpha value is -0.160. The van der Waals surface area contributed by atoms with E-state index in [4.69, 9.17) is 14.2 Å². The fourth-order valence-electron chi connectivity index (χ4n) is 1.98. The monoisotopic (exact) mass is 188 g/mol. The van der Waals surface area contributed by atoms with Gasteiger partial charge in [0.05, 0.1) is 5.60 Å². The highest BCUT2D eigenvalue weighted by atomic mass is 16.8. The number of rotatable bonds is 0. The molecule has 3 atom stereocenters. The summed E-state index contributed by atoms with van der Waals surface area (Å²) in [5.41, 5.74) is -0.474. The summed E-state index contributed by atoms with van der Waals surface area (Å²) in [6.45, 7) is 7.47. The highest BCUT2D eigenvalue weighted by Crippen LogP contribution is 2.42. The van der Waals surface area contributed by atoms with E-state index in [-0.39, 0.29) is 12.2 Å². The average Bonchev–Trinajstić information content (AvgIpc) is 2.32. The van der Waals surface area contributed by atoms with E-state index >= 15 is 0 Å². The van der Waals surface area contributed by atoms with Crippen molar-refractivity contribution in [3.05, 3.63) is 0 Å². The minimum atomic E-state index is -0.873. The zero-order valence-corrected chi connectivity index (χ0v) is 8.40. The fourth-order valence-corrected chi connectivity index (χ4v) is 1.98. The van der Waals surface area contributed by atoms with Crippen LogP contribution in [-0.2, 0) is 14.2 Å². The zero-order valence-electron chi connectivity index (χ0n) is 8.40. The lowest BCUT2D eigenvalue weighted by Gasteiger charge is -2.26. The summed E-state index contributed by atoms with van der Waals surface area (Å²) >= 11 is 0. The van der Waals surface area contributed by atoms with E-state index in [2.05, 4.69) is 0 Å². The van der Waals surface area contributed by atoms with Crippen molar-refractivity contribution >= 4 is 0 Å². The molecule has 2 saturated heterocycles. The Morgan fingerprint density at radius 1 is 1.00 bits per heavy atom. The Labute approximate surface area is 77.8 Å². The molecular formula is C9H16O4. The van der Waals surface area contributed by atoms with E-state index in [1.807, 2.05) is 27.7 Å². The molecule has 0 amide bonds. The van der Waals surface area contributed by atoms with Crippen LogP contribution in [0.4, 0.5) is 0 Å². The molecule has 2 aliphatic heterocycles. The number of hydrogen-bond donors (Lipinski definition) is 1. The first-order chi connectivity index (χ1) is 5.82. The van der Waals surface area contributed by atoms with Crippen LogP contribution in [0.15, 0.2) is 0 Å². The minimum Gasteiger partial charge on any atom is -0.366 e. The van der Waals surface area contributed by atoms with Crippen molar-refractivity contribution in [1.29, 1.82) is 0 Å². The second-order valence-corrected chi connectivity index (χ2v) is 4.63. The number of fused-ring (bicyclic) bond motifs is 1. The predicted octanol–water partition coefficient (Wildman–Crippen LogP) is 0.634. The van der Waals surface area contributed by atoms with Crippen molar-refractivity contribution in [2.75, 3.05) is 0 Å². The SMILES string of the molecule is CC1(C)OC2C(O)OC(C)(C)C2O1. The maximum Gasteiger partial charge on any atom is 0.184 e. The van der Waals surface area contributed by atoms with E-state index in [9.17, 15) is 5.11 Å². The first-order valence-electron chi connectivity index (χ1n) is 4.53. The summed E-state index contributed by atoms with van der Waals surface area (Å²) < 4.78 is 16.5. The molecule has 0 spiro atoms. The molecule has 0 aromatic heterocycles. The van der Waals surface area contributed by atoms with Gasteiger partial charge in [0, 0.05) is 0 Å². The third-order valence-corrected chi connectivity index (χ3v) is 2.52. The molecular weight excluding hydrogens is 172 g/mol. The molecule has 13 heavy (non-hydrogen) atoms. The van der Waals surface area contributed by atoms with E-state index in [1.54, 1.807) is 0 Å². The number of aliphatic hydroxyl groups is 1. The lowest BCUT2D eigenvalue weighted by molar-refractivity contribution is -0.236. The van der Waals surface area contributed by atoms with Crippen LogP contribution >= 0.6 is 0 Å². The van der Waals surface area contributed by atoms with E-state index in [0.717, 1.165) is 0 Å². The molecule has 1 N–H and O–H groups in total. The molecule has 2 heterocycles. The van der Waals surface area contributed by atoms with Crippen LogP contribution in [0.1, 0.15) is 27.7 Å². The van der Waals surface area contributed by atoms with E-state index in [0.29, 0.717) is 0 Å². The second-order valence-electron chi connectivity index (χ2n) is 4.63. The molecule has 0 radical (unpaired) electrons. The van der Waals surface area contributed by atoms with Gasteiger partial charge in [0.2, 0.25) is 0 Å². The topological polar surface area (TPSA) is 47.9 Å². The van der Waals surface area contributed by atoms with Gasteiger partial charge in [-0.2, -0.15) is 0 Å². The quantitative estimate of drug-likeness (QED) is 0.606. The van der Waals surface area contributed by atoms with Gasteiger partial charge < -0.3 is 19.3 Å². The van der Waals surface area contributed by atoms with Gasteiger partial charge in [-0.25, -0.2) is 0 Å². The standard InChI is InChI=1S/C9H16O4/c1-8(2)6-5(7(10)13-8)11-9(3,4)12-6/h5-7,10H,1-4H3. The van der Waals surface area contributed by atoms with Crippen LogP contribution in [0.3, 0.4) is 0 Å². The predicted molar refractivity (Wildman–Crippen MR) is 45.0 cm³/mol. The molecule has 2 aliphatic rings. The van der Waals surface area contributed by atoms with Crippen LogP contribution in [0.2, 0.25) is 0 Å². The van der Waals surface area contributed by atoms with Crippen molar-refractivity contribution < 1.29 is 19.3 Å². The number of aliphatic hydroxyl groups excluding tert-OH is 1. The van der Waals surface area contributed by atoms with Crippen LogP contribution in [0.25, 0.3) is 0 Å². The first-order valence-corrected chi connectivity index (χ1v) is 4.53. The van der Waals surface area contributed by atoms with Crippen molar-refractivity contribution in [3.63, 3.8) is 0 Å². The lowest BCUT2D eigenvalue weighted by atomic mass is 10.0. The Bertz CT molecular complexity index is 224. The Morgan fingerprint density at radius 2 is 1.62 bits per heavy atom. The third-order valence-electron chi connectivity index (χ3n) is 2.52. The Balaban J connectivity index is 2.23. The average molecular weight is 188 g/mol. The number of hydrogen-bond acceptors (Lipinski definition) is 4. The van der Waals surface area contributed by atoms with Crippen LogP contribution in [-0.4, -0.2) is 35.0 Å². The van der Waals surface area contributed by atoms with Crippen molar-refractivity contribution in [1.82, 2.24) is 0 Å². The summed E-state index contributed by atoms with van der Waals surface area (Å²) in [7, 11) is 0. The van der Waals surface area contributed by atoms with Crippen LogP contribution < -0.4 is 0 Å². The van der Waals surface area contributed by atoms with Gasteiger partial charge in [0.25, 0.3) is 0 Å². The highest BCUT2D eigenvalue weighted by molar-refractivity contribution is 4.99. The molecule has 3 unspecified atom stereocenters. The number of ether oxygens (including phenoxy) is 3. The summed E-state index contributed by atoms with van der Waals surface area (Å²) in [5.74, 6) is -0.614. The third kappa shape index (κ3) is 1.38. The van der Waals surface area contributed by atoms with Crippen LogP contribution in [0.5, 0.6) is 0 Å². The molecule has 0 saturated carbocycles. The van der Waals surface area contributed by atoms with E-state index in [1.165, 1.54) is 0 Å². The van der Waals surface area contributed by atoms with Crippen molar-refractivity contribution in [2.45, 2.75) is 57.6 Å². The molecule has 0 aliphatic carbocycles. The van der Waals surface area contributed by atoms with Gasteiger partial charge in [-0.3, -0.25) is 0 Å². The molecule has 0 aromatic carbocycles. The fraction of sp³-hybridized carbons (Fsp3) is 1.00. The van der Waals surface area contributed by atoms with Gasteiger partial charge in [-0.05, 0) is 27.7 Å². The second kappa shape index (κ2) is 2.45. The van der Waals surface area contributed by atoms with Crippen molar-refractivity contribution in [2.24, 2.45) is 0 Å². The summed E-state index contributed by atoms with van der Waals surface area (Å²) in [5, 5.41) is 9.54. The molecule has 76 valence electrons. The van der Waals surface area contributed by atoms with Gasteiger partial charge in [0.1, 0.15) is 12.2 Å². The van der Waals surface area contributed by atoms with Crippen molar-refractivity contribution in [3.8, 4) is 0 Å². The first kappa shape index (κ1) is 9.40. The highest BCUT2D eigenvalue weighted by Gasteiger charge is 2.58. The Morgan fingerprint density at radius 3 is 2.15 bits per heavy atom. The Kier molecular flexibility index (Phi) is 1.77. The molecule has 0 aromatic rings. The largest absolute Gasteiger partial charge is 0.366 e. The maximum absolute atomic E-state index is 9.54. The van der Waals surface area contributed by atoms with Gasteiger partial charge in [-0.15, -0.1) is 0 Å². The van der Waals surface area contributed by atoms with Gasteiger partial charge in [-0.1, -0.05) is 0 Å². The molecule has 0 bridgehead atoms. The zero-order chi connectivity index (χ0) is 9.85.